The van der Waals surface area contributed by atoms with E-state index in [0.717, 1.165) is 27.5 Å². The molecule has 0 aliphatic rings. The van der Waals surface area contributed by atoms with Gasteiger partial charge in [-0.15, -0.1) is 11.3 Å². The summed E-state index contributed by atoms with van der Waals surface area (Å²) >= 11 is 1.36. The van der Waals surface area contributed by atoms with Crippen molar-refractivity contribution in [2.75, 3.05) is 12.5 Å². The SMILES string of the molecule is COc1cccc(/C=N/Nc2nc(-c3cc4c(ccc5ccccc54)oc3=O)cs2)c1. The first-order valence-corrected chi connectivity index (χ1v) is 10.4. The molecular weight excluding hydrogens is 410 g/mol. The van der Waals surface area contributed by atoms with E-state index in [9.17, 15) is 4.79 Å². The molecule has 5 rings (SSSR count). The number of nitrogens with zero attached hydrogens (tertiary/aromatic N) is 2. The number of nitrogens with one attached hydrogen (secondary N) is 1. The van der Waals surface area contributed by atoms with E-state index in [4.69, 9.17) is 9.15 Å². The number of ether oxygens (including phenoxy) is 1. The Morgan fingerprint density at radius 1 is 1.06 bits per heavy atom. The maximum absolute atomic E-state index is 12.6. The lowest BCUT2D eigenvalue weighted by Crippen LogP contribution is -2.03. The van der Waals surface area contributed by atoms with Crippen molar-refractivity contribution in [1.29, 1.82) is 0 Å². The second-order valence-electron chi connectivity index (χ2n) is 6.83. The van der Waals surface area contributed by atoms with Crippen LogP contribution >= 0.6 is 11.3 Å². The predicted molar refractivity (Wildman–Crippen MR) is 125 cm³/mol. The van der Waals surface area contributed by atoms with Gasteiger partial charge in [-0.2, -0.15) is 5.10 Å². The van der Waals surface area contributed by atoms with E-state index in [0.29, 0.717) is 22.0 Å². The van der Waals surface area contributed by atoms with Crippen LogP contribution in [0.1, 0.15) is 5.56 Å². The van der Waals surface area contributed by atoms with Crippen LogP contribution in [-0.4, -0.2) is 18.3 Å². The smallest absolute Gasteiger partial charge is 0.345 e. The van der Waals surface area contributed by atoms with Crippen molar-refractivity contribution in [2.45, 2.75) is 0 Å². The molecule has 1 N–H and O–H groups in total. The predicted octanol–water partition coefficient (Wildman–Crippen LogP) is 5.52. The van der Waals surface area contributed by atoms with Gasteiger partial charge in [-0.25, -0.2) is 9.78 Å². The quantitative estimate of drug-likeness (QED) is 0.173. The van der Waals surface area contributed by atoms with E-state index in [1.54, 1.807) is 13.3 Å². The average molecular weight is 427 g/mol. The van der Waals surface area contributed by atoms with Gasteiger partial charge >= 0.3 is 5.63 Å². The molecule has 7 heteroatoms. The van der Waals surface area contributed by atoms with Crippen molar-refractivity contribution >= 4 is 44.4 Å². The van der Waals surface area contributed by atoms with Gasteiger partial charge in [0.25, 0.3) is 0 Å². The maximum atomic E-state index is 12.6. The summed E-state index contributed by atoms with van der Waals surface area (Å²) in [6, 6.07) is 21.2. The Hall–Kier alpha value is -3.97. The third-order valence-electron chi connectivity index (χ3n) is 4.89. The summed E-state index contributed by atoms with van der Waals surface area (Å²) in [5.74, 6) is 0.760. The lowest BCUT2D eigenvalue weighted by molar-refractivity contribution is 0.415. The number of benzene rings is 3. The van der Waals surface area contributed by atoms with Crippen LogP contribution in [0.2, 0.25) is 0 Å². The van der Waals surface area contributed by atoms with Gasteiger partial charge in [0.15, 0.2) is 0 Å². The number of fused-ring (bicyclic) bond motifs is 3. The fourth-order valence-electron chi connectivity index (χ4n) is 3.38. The van der Waals surface area contributed by atoms with E-state index >= 15 is 0 Å². The van der Waals surface area contributed by atoms with Gasteiger partial charge in [0.2, 0.25) is 5.13 Å². The summed E-state index contributed by atoms with van der Waals surface area (Å²) in [6.45, 7) is 0. The molecule has 6 nitrogen and oxygen atoms in total. The van der Waals surface area contributed by atoms with Gasteiger partial charge in [0.1, 0.15) is 11.3 Å². The van der Waals surface area contributed by atoms with Crippen LogP contribution in [0.15, 0.2) is 86.4 Å². The minimum Gasteiger partial charge on any atom is -0.497 e. The molecule has 0 aliphatic heterocycles. The molecular formula is C24H17N3O3S. The van der Waals surface area contributed by atoms with Crippen molar-refractivity contribution in [3.05, 3.63) is 88.1 Å². The zero-order chi connectivity index (χ0) is 21.2. The number of methoxy groups -OCH3 is 1. The highest BCUT2D eigenvalue weighted by molar-refractivity contribution is 7.14. The van der Waals surface area contributed by atoms with Gasteiger partial charge < -0.3 is 9.15 Å². The second kappa shape index (κ2) is 8.04. The van der Waals surface area contributed by atoms with E-state index < -0.39 is 5.63 Å². The Bertz CT molecular complexity index is 1490. The van der Waals surface area contributed by atoms with Crippen LogP contribution in [0.3, 0.4) is 0 Å². The van der Waals surface area contributed by atoms with E-state index in [1.165, 1.54) is 11.3 Å². The molecule has 0 saturated carbocycles. The Kier molecular flexibility index (Phi) is 4.93. The lowest BCUT2D eigenvalue weighted by atomic mass is 10.0. The third-order valence-corrected chi connectivity index (χ3v) is 5.64. The van der Waals surface area contributed by atoms with Gasteiger partial charge in [-0.1, -0.05) is 42.5 Å². The standard InChI is InChI=1S/C24H17N3O3S/c1-29-17-7-4-5-15(11-17)13-25-27-24-26-21(14-31-24)20-12-19-18-8-3-2-6-16(18)9-10-22(19)30-23(20)28/h2-14H,1H3,(H,26,27)/b25-13+. The van der Waals surface area contributed by atoms with Crippen LogP contribution in [0.5, 0.6) is 5.75 Å². The number of anilines is 1. The number of rotatable bonds is 5. The van der Waals surface area contributed by atoms with Gasteiger partial charge in [0, 0.05) is 10.8 Å². The molecule has 0 unspecified atom stereocenters. The monoisotopic (exact) mass is 427 g/mol. The van der Waals surface area contributed by atoms with E-state index in [-0.39, 0.29) is 0 Å². The third kappa shape index (κ3) is 3.78. The van der Waals surface area contributed by atoms with Gasteiger partial charge in [0.05, 0.1) is 24.6 Å². The summed E-state index contributed by atoms with van der Waals surface area (Å²) in [6.07, 6.45) is 1.68. The van der Waals surface area contributed by atoms with Crippen LogP contribution in [0.4, 0.5) is 5.13 Å². The number of thiazole rings is 1. The maximum Gasteiger partial charge on any atom is 0.345 e. The van der Waals surface area contributed by atoms with E-state index in [2.05, 4.69) is 15.5 Å². The van der Waals surface area contributed by atoms with Crippen LogP contribution in [0, 0.1) is 0 Å². The summed E-state index contributed by atoms with van der Waals surface area (Å²) in [4.78, 5) is 17.1. The topological polar surface area (TPSA) is 76.7 Å². The molecule has 0 amide bonds. The normalized spacial score (nSPS) is 11.4. The number of hydrogen-bond acceptors (Lipinski definition) is 7. The van der Waals surface area contributed by atoms with Crippen LogP contribution < -0.4 is 15.8 Å². The minimum atomic E-state index is -0.417. The minimum absolute atomic E-state index is 0.417. The molecule has 2 heterocycles. The zero-order valence-electron chi connectivity index (χ0n) is 16.5. The molecule has 0 saturated heterocycles. The number of hydrazone groups is 1. The highest BCUT2D eigenvalue weighted by Gasteiger charge is 2.13. The van der Waals surface area contributed by atoms with Crippen molar-refractivity contribution in [2.24, 2.45) is 5.10 Å². The molecule has 5 aromatic rings. The van der Waals surface area contributed by atoms with Crippen molar-refractivity contribution in [3.63, 3.8) is 0 Å². The molecule has 2 aromatic heterocycles. The summed E-state index contributed by atoms with van der Waals surface area (Å²) in [7, 11) is 1.62. The molecule has 0 atom stereocenters. The summed E-state index contributed by atoms with van der Waals surface area (Å²) < 4.78 is 10.8. The van der Waals surface area contributed by atoms with Crippen molar-refractivity contribution in [3.8, 4) is 17.0 Å². The molecule has 0 radical (unpaired) electrons. The fourth-order valence-corrected chi connectivity index (χ4v) is 4.04. The zero-order valence-corrected chi connectivity index (χ0v) is 17.3. The first-order valence-electron chi connectivity index (χ1n) is 9.56. The first-order chi connectivity index (χ1) is 15.2. The van der Waals surface area contributed by atoms with E-state index in [1.807, 2.05) is 72.1 Å². The highest BCUT2D eigenvalue weighted by Crippen LogP contribution is 2.29. The molecule has 0 aliphatic carbocycles. The average Bonchev–Trinajstić information content (AvgIpc) is 3.27. The number of aromatic nitrogens is 1. The summed E-state index contributed by atoms with van der Waals surface area (Å²) in [5, 5.41) is 9.61. The Labute approximate surface area is 181 Å². The molecule has 0 fully saturated rings. The summed E-state index contributed by atoms with van der Waals surface area (Å²) in [5.41, 5.74) is 4.92. The molecule has 0 bridgehead atoms. The second-order valence-corrected chi connectivity index (χ2v) is 7.69. The highest BCUT2D eigenvalue weighted by atomic mass is 32.1. The Morgan fingerprint density at radius 3 is 2.87 bits per heavy atom. The lowest BCUT2D eigenvalue weighted by Gasteiger charge is -2.04. The molecule has 3 aromatic carbocycles. The molecule has 31 heavy (non-hydrogen) atoms. The fraction of sp³-hybridized carbons (Fsp3) is 0.0417. The molecule has 152 valence electrons. The largest absolute Gasteiger partial charge is 0.497 e. The Morgan fingerprint density at radius 2 is 1.97 bits per heavy atom. The van der Waals surface area contributed by atoms with Gasteiger partial charge in [-0.05, 0) is 40.6 Å². The van der Waals surface area contributed by atoms with Gasteiger partial charge in [-0.3, -0.25) is 5.43 Å². The Balaban J connectivity index is 1.45. The van der Waals surface area contributed by atoms with Crippen molar-refractivity contribution in [1.82, 2.24) is 4.98 Å². The van der Waals surface area contributed by atoms with Crippen molar-refractivity contribution < 1.29 is 9.15 Å². The van der Waals surface area contributed by atoms with Crippen LogP contribution in [0.25, 0.3) is 33.0 Å². The number of hydrogen-bond donors (Lipinski definition) is 1. The molecule has 0 spiro atoms. The first kappa shape index (κ1) is 19.0. The van der Waals surface area contributed by atoms with Crippen LogP contribution in [-0.2, 0) is 0 Å².